The van der Waals surface area contributed by atoms with E-state index in [9.17, 15) is 26.4 Å². The minimum atomic E-state index is -4.43. The average molecular weight is 500 g/mol. The summed E-state index contributed by atoms with van der Waals surface area (Å²) in [5.41, 5.74) is -0.293. The Labute approximate surface area is 197 Å². The summed E-state index contributed by atoms with van der Waals surface area (Å²) < 4.78 is 72.4. The normalized spacial score (nSPS) is 16.0. The molecule has 3 rings (SSSR count). The van der Waals surface area contributed by atoms with Crippen molar-refractivity contribution >= 4 is 21.6 Å². The number of nitrogens with zero attached hydrogens (tertiary/aromatic N) is 2. The van der Waals surface area contributed by atoms with Crippen molar-refractivity contribution in [3.63, 3.8) is 0 Å². The van der Waals surface area contributed by atoms with Gasteiger partial charge in [0.05, 0.1) is 17.6 Å². The molecule has 1 heterocycles. The first-order valence-electron chi connectivity index (χ1n) is 10.8. The molecule has 1 aliphatic rings. The first-order chi connectivity index (χ1) is 15.9. The van der Waals surface area contributed by atoms with Crippen molar-refractivity contribution in [2.24, 2.45) is 5.92 Å². The van der Waals surface area contributed by atoms with E-state index in [0.29, 0.717) is 24.5 Å². The number of methoxy groups -OCH3 is 1. The lowest BCUT2D eigenvalue weighted by Crippen LogP contribution is -2.56. The van der Waals surface area contributed by atoms with E-state index in [4.69, 9.17) is 4.74 Å². The molecule has 1 amide bonds. The molecule has 1 N–H and O–H groups in total. The van der Waals surface area contributed by atoms with Crippen LogP contribution in [0.4, 0.5) is 18.9 Å². The first kappa shape index (κ1) is 25.8. The highest BCUT2D eigenvalue weighted by molar-refractivity contribution is 7.89. The highest BCUT2D eigenvalue weighted by Gasteiger charge is 2.34. The molecule has 7 nitrogen and oxygen atoms in total. The van der Waals surface area contributed by atoms with Crippen LogP contribution in [0.5, 0.6) is 5.75 Å². The Morgan fingerprint density at radius 2 is 1.65 bits per heavy atom. The minimum Gasteiger partial charge on any atom is -0.497 e. The van der Waals surface area contributed by atoms with Crippen molar-refractivity contribution in [1.82, 2.24) is 9.62 Å². The molecular formula is C23H28F3N3O4S. The van der Waals surface area contributed by atoms with E-state index >= 15 is 0 Å². The molecule has 1 fully saturated rings. The van der Waals surface area contributed by atoms with E-state index in [1.807, 2.05) is 0 Å². The zero-order valence-corrected chi connectivity index (χ0v) is 20.0. The first-order valence-corrected chi connectivity index (χ1v) is 12.3. The van der Waals surface area contributed by atoms with Crippen LogP contribution in [0.3, 0.4) is 0 Å². The summed E-state index contributed by atoms with van der Waals surface area (Å²) in [7, 11) is -2.48. The Hall–Kier alpha value is -2.79. The standard InChI is InChI=1S/C23H28F3N3O4S/c1-16(2)21(27-34(31,32)20-9-7-19(33-3)8-10-20)22(30)29-13-11-28(12-14-29)18-6-4-5-17(15-18)23(24,25)26/h4-10,15-16,21,27H,11-14H2,1-3H3/t21-/m0/s1. The van der Waals surface area contributed by atoms with E-state index in [-0.39, 0.29) is 29.8 Å². The number of alkyl halides is 3. The summed E-state index contributed by atoms with van der Waals surface area (Å²) >= 11 is 0. The lowest BCUT2D eigenvalue weighted by molar-refractivity contribution is -0.137. The fraction of sp³-hybridized carbons (Fsp3) is 0.435. The van der Waals surface area contributed by atoms with Crippen LogP contribution in [0.2, 0.25) is 0 Å². The minimum absolute atomic E-state index is 0.0149. The summed E-state index contributed by atoms with van der Waals surface area (Å²) in [4.78, 5) is 16.5. The Morgan fingerprint density at radius 1 is 1.03 bits per heavy atom. The SMILES string of the molecule is COc1ccc(S(=O)(=O)N[C@H](C(=O)N2CCN(c3cccc(C(F)(F)F)c3)CC2)C(C)C)cc1. The van der Waals surface area contributed by atoms with Gasteiger partial charge in [-0.2, -0.15) is 17.9 Å². The van der Waals surface area contributed by atoms with Crippen molar-refractivity contribution in [3.05, 3.63) is 54.1 Å². The number of sulfonamides is 1. The maximum atomic E-state index is 13.2. The molecule has 0 bridgehead atoms. The van der Waals surface area contributed by atoms with Gasteiger partial charge in [-0.05, 0) is 48.4 Å². The second-order valence-electron chi connectivity index (χ2n) is 8.38. The number of ether oxygens (including phenoxy) is 1. The summed E-state index contributed by atoms with van der Waals surface area (Å²) in [5, 5.41) is 0. The number of halogens is 3. The maximum Gasteiger partial charge on any atom is 0.416 e. The smallest absolute Gasteiger partial charge is 0.416 e. The van der Waals surface area contributed by atoms with Crippen molar-refractivity contribution in [2.75, 3.05) is 38.2 Å². The zero-order chi connectivity index (χ0) is 25.1. The van der Waals surface area contributed by atoms with Gasteiger partial charge in [0.1, 0.15) is 11.8 Å². The summed E-state index contributed by atoms with van der Waals surface area (Å²) in [6, 6.07) is 9.94. The van der Waals surface area contributed by atoms with E-state index in [1.54, 1.807) is 29.7 Å². The molecule has 0 spiro atoms. The molecule has 1 atom stereocenters. The number of hydrogen-bond acceptors (Lipinski definition) is 5. The number of hydrogen-bond donors (Lipinski definition) is 1. The summed E-state index contributed by atoms with van der Waals surface area (Å²) in [6.07, 6.45) is -4.43. The molecule has 0 radical (unpaired) electrons. The molecule has 1 saturated heterocycles. The van der Waals surface area contributed by atoms with Gasteiger partial charge in [-0.25, -0.2) is 8.42 Å². The number of anilines is 1. The van der Waals surface area contributed by atoms with Crippen LogP contribution in [0.15, 0.2) is 53.4 Å². The third-order valence-corrected chi connectivity index (χ3v) is 7.17. The lowest BCUT2D eigenvalue weighted by Gasteiger charge is -2.38. The van der Waals surface area contributed by atoms with Crippen LogP contribution in [0.25, 0.3) is 0 Å². The van der Waals surface area contributed by atoms with Crippen LogP contribution in [-0.2, 0) is 21.0 Å². The third kappa shape index (κ3) is 6.01. The van der Waals surface area contributed by atoms with Crippen molar-refractivity contribution in [2.45, 2.75) is 31.0 Å². The quantitative estimate of drug-likeness (QED) is 0.632. The number of carbonyl (C=O) groups excluding carboxylic acids is 1. The zero-order valence-electron chi connectivity index (χ0n) is 19.2. The molecule has 2 aromatic carbocycles. The molecule has 0 aliphatic carbocycles. The summed E-state index contributed by atoms with van der Waals surface area (Å²) in [6.45, 7) is 4.70. The molecule has 2 aromatic rings. The van der Waals surface area contributed by atoms with Crippen LogP contribution in [-0.4, -0.2) is 58.6 Å². The Balaban J connectivity index is 1.68. The lowest BCUT2D eigenvalue weighted by atomic mass is 10.0. The maximum absolute atomic E-state index is 13.2. The summed E-state index contributed by atoms with van der Waals surface area (Å²) in [5.74, 6) is -0.174. The third-order valence-electron chi connectivity index (χ3n) is 5.71. The topological polar surface area (TPSA) is 78.9 Å². The van der Waals surface area contributed by atoms with Gasteiger partial charge >= 0.3 is 6.18 Å². The Morgan fingerprint density at radius 3 is 2.18 bits per heavy atom. The number of amides is 1. The number of rotatable bonds is 7. The molecule has 1 aliphatic heterocycles. The van der Waals surface area contributed by atoms with E-state index in [1.165, 1.54) is 37.4 Å². The fourth-order valence-corrected chi connectivity index (χ4v) is 5.06. The van der Waals surface area contributed by atoms with Crippen LogP contribution < -0.4 is 14.4 Å². The van der Waals surface area contributed by atoms with Crippen LogP contribution in [0, 0.1) is 5.92 Å². The number of nitrogens with one attached hydrogen (secondary N) is 1. The Kier molecular flexibility index (Phi) is 7.77. The highest BCUT2D eigenvalue weighted by atomic mass is 32.2. The van der Waals surface area contributed by atoms with Crippen LogP contribution in [0.1, 0.15) is 19.4 Å². The molecule has 34 heavy (non-hydrogen) atoms. The predicted molar refractivity (Wildman–Crippen MR) is 122 cm³/mol. The number of piperazine rings is 1. The monoisotopic (exact) mass is 499 g/mol. The van der Waals surface area contributed by atoms with E-state index < -0.39 is 27.8 Å². The largest absolute Gasteiger partial charge is 0.497 e. The van der Waals surface area contributed by atoms with Gasteiger partial charge in [0, 0.05) is 31.9 Å². The number of benzene rings is 2. The molecule has 0 aromatic heterocycles. The molecule has 11 heteroatoms. The molecular weight excluding hydrogens is 471 g/mol. The van der Waals surface area contributed by atoms with Gasteiger partial charge in [-0.3, -0.25) is 4.79 Å². The van der Waals surface area contributed by atoms with Crippen molar-refractivity contribution < 1.29 is 31.1 Å². The predicted octanol–water partition coefficient (Wildman–Crippen LogP) is 3.37. The van der Waals surface area contributed by atoms with Gasteiger partial charge in [0.2, 0.25) is 15.9 Å². The second kappa shape index (κ2) is 10.2. The van der Waals surface area contributed by atoms with Gasteiger partial charge in [0.15, 0.2) is 0 Å². The molecule has 0 saturated carbocycles. The van der Waals surface area contributed by atoms with Crippen molar-refractivity contribution in [1.29, 1.82) is 0 Å². The van der Waals surface area contributed by atoms with E-state index in [2.05, 4.69) is 4.72 Å². The average Bonchev–Trinajstić information content (AvgIpc) is 2.81. The fourth-order valence-electron chi connectivity index (χ4n) is 3.72. The molecule has 0 unspecified atom stereocenters. The van der Waals surface area contributed by atoms with Gasteiger partial charge in [-0.15, -0.1) is 0 Å². The van der Waals surface area contributed by atoms with Gasteiger partial charge in [-0.1, -0.05) is 19.9 Å². The molecule has 186 valence electrons. The highest BCUT2D eigenvalue weighted by Crippen LogP contribution is 2.32. The van der Waals surface area contributed by atoms with E-state index in [0.717, 1.165) is 12.1 Å². The number of carbonyl (C=O) groups is 1. The second-order valence-corrected chi connectivity index (χ2v) is 10.1. The van der Waals surface area contributed by atoms with Gasteiger partial charge < -0.3 is 14.5 Å². The van der Waals surface area contributed by atoms with Crippen LogP contribution >= 0.6 is 0 Å². The Bertz CT molecular complexity index is 1100. The van der Waals surface area contributed by atoms with Gasteiger partial charge in [0.25, 0.3) is 0 Å². The van der Waals surface area contributed by atoms with Crippen molar-refractivity contribution in [3.8, 4) is 5.75 Å².